The second-order valence-electron chi connectivity index (χ2n) is 3.06. The number of alkyl halides is 2. The molecule has 0 radical (unpaired) electrons. The standard InChI is InChI=1S/C10H8F3NO2/c1-6(15)10(12,13)9(16)14-8-5-3-2-4-7(8)11/h2-5H,1H3,(H,14,16). The van der Waals surface area contributed by atoms with Gasteiger partial charge in [-0.25, -0.2) is 4.39 Å². The zero-order chi connectivity index (χ0) is 12.3. The molecule has 0 aromatic heterocycles. The molecule has 0 atom stereocenters. The van der Waals surface area contributed by atoms with Crippen molar-refractivity contribution in [2.24, 2.45) is 0 Å². The average molecular weight is 231 g/mol. The number of para-hydroxylation sites is 1. The van der Waals surface area contributed by atoms with E-state index in [0.717, 1.165) is 12.1 Å². The van der Waals surface area contributed by atoms with Crippen molar-refractivity contribution in [3.8, 4) is 0 Å². The highest BCUT2D eigenvalue weighted by Crippen LogP contribution is 2.19. The van der Waals surface area contributed by atoms with Gasteiger partial charge >= 0.3 is 11.8 Å². The maximum absolute atomic E-state index is 13.0. The van der Waals surface area contributed by atoms with Crippen LogP contribution in [0.15, 0.2) is 24.3 Å². The zero-order valence-electron chi connectivity index (χ0n) is 8.26. The Kier molecular flexibility index (Phi) is 3.31. The van der Waals surface area contributed by atoms with E-state index in [-0.39, 0.29) is 0 Å². The highest BCUT2D eigenvalue weighted by molar-refractivity contribution is 6.11. The monoisotopic (exact) mass is 231 g/mol. The number of ketones is 1. The molecular formula is C10H8F3NO2. The summed E-state index contributed by atoms with van der Waals surface area (Å²) in [5.74, 6) is -8.44. The van der Waals surface area contributed by atoms with Crippen LogP contribution in [0, 0.1) is 5.82 Å². The van der Waals surface area contributed by atoms with Gasteiger partial charge in [0.1, 0.15) is 5.82 Å². The van der Waals surface area contributed by atoms with Gasteiger partial charge < -0.3 is 5.32 Å². The summed E-state index contributed by atoms with van der Waals surface area (Å²) in [5.41, 5.74) is -0.395. The summed E-state index contributed by atoms with van der Waals surface area (Å²) in [7, 11) is 0. The Labute approximate surface area is 89.3 Å². The zero-order valence-corrected chi connectivity index (χ0v) is 8.26. The van der Waals surface area contributed by atoms with Crippen LogP contribution in [0.1, 0.15) is 6.92 Å². The molecule has 0 fully saturated rings. The largest absolute Gasteiger partial charge is 0.381 e. The number of amides is 1. The number of rotatable bonds is 3. The first kappa shape index (κ1) is 12.2. The molecule has 0 aliphatic rings. The first-order valence-corrected chi connectivity index (χ1v) is 4.30. The fraction of sp³-hybridized carbons (Fsp3) is 0.200. The van der Waals surface area contributed by atoms with Crippen LogP contribution < -0.4 is 5.32 Å². The molecule has 0 saturated carbocycles. The van der Waals surface area contributed by atoms with Crippen LogP contribution in [0.3, 0.4) is 0 Å². The summed E-state index contributed by atoms with van der Waals surface area (Å²) in [6, 6.07) is 4.82. The van der Waals surface area contributed by atoms with Crippen molar-refractivity contribution >= 4 is 17.4 Å². The SMILES string of the molecule is CC(=O)C(F)(F)C(=O)Nc1ccccc1F. The summed E-state index contributed by atoms with van der Waals surface area (Å²) in [6.07, 6.45) is 0. The lowest BCUT2D eigenvalue weighted by Gasteiger charge is -2.12. The molecule has 3 nitrogen and oxygen atoms in total. The van der Waals surface area contributed by atoms with E-state index in [2.05, 4.69) is 0 Å². The summed E-state index contributed by atoms with van der Waals surface area (Å²) in [5, 5.41) is 1.65. The minimum Gasteiger partial charge on any atom is -0.318 e. The van der Waals surface area contributed by atoms with Gasteiger partial charge in [0.05, 0.1) is 5.69 Å². The maximum Gasteiger partial charge on any atom is 0.381 e. The van der Waals surface area contributed by atoms with Crippen LogP contribution in [-0.4, -0.2) is 17.6 Å². The Hall–Kier alpha value is -1.85. The van der Waals surface area contributed by atoms with Crippen molar-refractivity contribution in [1.29, 1.82) is 0 Å². The normalized spacial score (nSPS) is 11.0. The highest BCUT2D eigenvalue weighted by Gasteiger charge is 2.44. The summed E-state index contributed by atoms with van der Waals surface area (Å²) in [6.45, 7) is 0.584. The van der Waals surface area contributed by atoms with E-state index in [9.17, 15) is 22.8 Å². The van der Waals surface area contributed by atoms with Crippen LogP contribution in [0.4, 0.5) is 18.9 Å². The van der Waals surface area contributed by atoms with Gasteiger partial charge in [-0.15, -0.1) is 0 Å². The molecule has 1 aromatic carbocycles. The number of halogens is 3. The second-order valence-corrected chi connectivity index (χ2v) is 3.06. The van der Waals surface area contributed by atoms with Crippen molar-refractivity contribution in [3.63, 3.8) is 0 Å². The van der Waals surface area contributed by atoms with Gasteiger partial charge in [-0.1, -0.05) is 12.1 Å². The van der Waals surface area contributed by atoms with E-state index in [1.54, 1.807) is 5.32 Å². The van der Waals surface area contributed by atoms with Crippen molar-refractivity contribution in [1.82, 2.24) is 0 Å². The topological polar surface area (TPSA) is 46.2 Å². The van der Waals surface area contributed by atoms with E-state index in [4.69, 9.17) is 0 Å². The van der Waals surface area contributed by atoms with Crippen molar-refractivity contribution < 1.29 is 22.8 Å². The maximum atomic E-state index is 13.0. The number of hydrogen-bond acceptors (Lipinski definition) is 2. The minimum atomic E-state index is -4.15. The van der Waals surface area contributed by atoms with Crippen LogP contribution in [0.25, 0.3) is 0 Å². The molecule has 0 aliphatic heterocycles. The van der Waals surface area contributed by atoms with E-state index in [1.165, 1.54) is 12.1 Å². The van der Waals surface area contributed by atoms with E-state index >= 15 is 0 Å². The molecule has 86 valence electrons. The Balaban J connectivity index is 2.88. The molecule has 0 heterocycles. The summed E-state index contributed by atoms with van der Waals surface area (Å²) < 4.78 is 38.7. The first-order chi connectivity index (χ1) is 7.35. The summed E-state index contributed by atoms with van der Waals surface area (Å²) in [4.78, 5) is 21.5. The van der Waals surface area contributed by atoms with Crippen LogP contribution >= 0.6 is 0 Å². The number of hydrogen-bond donors (Lipinski definition) is 1. The number of benzene rings is 1. The molecule has 0 spiro atoms. The van der Waals surface area contributed by atoms with Gasteiger partial charge in [0.15, 0.2) is 0 Å². The van der Waals surface area contributed by atoms with Crippen LogP contribution in [0.2, 0.25) is 0 Å². The Bertz CT molecular complexity index is 432. The number of anilines is 1. The third-order valence-corrected chi connectivity index (χ3v) is 1.85. The smallest absolute Gasteiger partial charge is 0.318 e. The molecule has 0 bridgehead atoms. The quantitative estimate of drug-likeness (QED) is 0.808. The van der Waals surface area contributed by atoms with E-state index in [0.29, 0.717) is 6.92 Å². The van der Waals surface area contributed by atoms with Crippen molar-refractivity contribution in [2.75, 3.05) is 5.32 Å². The van der Waals surface area contributed by atoms with Gasteiger partial charge in [-0.3, -0.25) is 9.59 Å². The van der Waals surface area contributed by atoms with Crippen molar-refractivity contribution in [2.45, 2.75) is 12.8 Å². The first-order valence-electron chi connectivity index (χ1n) is 4.30. The lowest BCUT2D eigenvalue weighted by molar-refractivity contribution is -0.153. The molecule has 0 saturated heterocycles. The number of carbonyl (C=O) groups excluding carboxylic acids is 2. The lowest BCUT2D eigenvalue weighted by Crippen LogP contribution is -2.40. The summed E-state index contributed by atoms with van der Waals surface area (Å²) >= 11 is 0. The number of nitrogens with one attached hydrogen (secondary N) is 1. The molecule has 6 heteroatoms. The molecule has 1 amide bonds. The van der Waals surface area contributed by atoms with Gasteiger partial charge in [0, 0.05) is 6.92 Å². The lowest BCUT2D eigenvalue weighted by atomic mass is 10.2. The fourth-order valence-electron chi connectivity index (χ4n) is 0.923. The van der Waals surface area contributed by atoms with Crippen molar-refractivity contribution in [3.05, 3.63) is 30.1 Å². The molecule has 0 unspecified atom stereocenters. The van der Waals surface area contributed by atoms with E-state index in [1.807, 2.05) is 0 Å². The third kappa shape index (κ3) is 2.39. The molecular weight excluding hydrogens is 223 g/mol. The molecule has 1 rings (SSSR count). The number of Topliss-reactive ketones (excluding diaryl/α,β-unsaturated/α-hetero) is 1. The van der Waals surface area contributed by atoms with Crippen LogP contribution in [0.5, 0.6) is 0 Å². The second kappa shape index (κ2) is 4.34. The van der Waals surface area contributed by atoms with Gasteiger partial charge in [-0.05, 0) is 12.1 Å². The Morgan fingerprint density at radius 1 is 1.25 bits per heavy atom. The van der Waals surface area contributed by atoms with Gasteiger partial charge in [0.2, 0.25) is 5.78 Å². The third-order valence-electron chi connectivity index (χ3n) is 1.85. The predicted octanol–water partition coefficient (Wildman–Crippen LogP) is 1.99. The van der Waals surface area contributed by atoms with Crippen LogP contribution in [-0.2, 0) is 9.59 Å². The van der Waals surface area contributed by atoms with E-state index < -0.39 is 29.1 Å². The Morgan fingerprint density at radius 3 is 2.31 bits per heavy atom. The molecule has 1 aromatic rings. The average Bonchev–Trinajstić information content (AvgIpc) is 2.21. The highest BCUT2D eigenvalue weighted by atomic mass is 19.3. The fourth-order valence-corrected chi connectivity index (χ4v) is 0.923. The predicted molar refractivity (Wildman–Crippen MR) is 50.7 cm³/mol. The Morgan fingerprint density at radius 2 is 1.81 bits per heavy atom. The minimum absolute atomic E-state index is 0.395. The van der Waals surface area contributed by atoms with Gasteiger partial charge in [0.25, 0.3) is 0 Å². The molecule has 0 aliphatic carbocycles. The molecule has 1 N–H and O–H groups in total. The molecule has 16 heavy (non-hydrogen) atoms. The number of carbonyl (C=O) groups is 2. The van der Waals surface area contributed by atoms with Gasteiger partial charge in [-0.2, -0.15) is 8.78 Å².